The Hall–Kier alpha value is -1.66. The van der Waals surface area contributed by atoms with Gasteiger partial charge in [0.15, 0.2) is 0 Å². The number of nitrogens with zero attached hydrogens (tertiary/aromatic N) is 2. The minimum Gasteiger partial charge on any atom is -0.468 e. The van der Waals surface area contributed by atoms with Gasteiger partial charge in [0.05, 0.1) is 17.8 Å². The molecule has 0 radical (unpaired) electrons. The van der Waals surface area contributed by atoms with E-state index in [-0.39, 0.29) is 11.8 Å². The van der Waals surface area contributed by atoms with Crippen molar-refractivity contribution in [2.24, 2.45) is 5.92 Å². The molecule has 0 atom stereocenters. The van der Waals surface area contributed by atoms with Crippen LogP contribution in [0.3, 0.4) is 0 Å². The number of hydrogen-bond donors (Lipinski definition) is 1. The first kappa shape index (κ1) is 17.2. The molecule has 0 bridgehead atoms. The van der Waals surface area contributed by atoms with Gasteiger partial charge in [0, 0.05) is 30.0 Å². The third-order valence-corrected chi connectivity index (χ3v) is 5.48. The van der Waals surface area contributed by atoms with Crippen molar-refractivity contribution in [3.63, 3.8) is 0 Å². The Balaban J connectivity index is 1.31. The Morgan fingerprint density at radius 3 is 2.96 bits per heavy atom. The van der Waals surface area contributed by atoms with E-state index in [0.717, 1.165) is 68.3 Å². The minimum absolute atomic E-state index is 0.153. The van der Waals surface area contributed by atoms with E-state index in [2.05, 4.69) is 20.6 Å². The second kappa shape index (κ2) is 8.44. The summed E-state index contributed by atoms with van der Waals surface area (Å²) in [6.07, 6.45) is 5.47. The molecular weight excluding hydrogens is 322 g/mol. The number of aromatic nitrogens is 1. The summed E-state index contributed by atoms with van der Waals surface area (Å²) < 4.78 is 5.39. The van der Waals surface area contributed by atoms with Gasteiger partial charge in [-0.1, -0.05) is 0 Å². The number of amides is 1. The predicted molar refractivity (Wildman–Crippen MR) is 94.9 cm³/mol. The highest BCUT2D eigenvalue weighted by Gasteiger charge is 2.24. The van der Waals surface area contributed by atoms with Crippen molar-refractivity contribution in [1.29, 1.82) is 0 Å². The summed E-state index contributed by atoms with van der Waals surface area (Å²) in [5, 5.41) is 6.32. The standard InChI is InChI=1S/C18H25N3O2S/c1-14-13-24-17(20-14)5-2-8-19-18(22)15-6-9-21(10-7-15)12-16-4-3-11-23-16/h3-4,11,13,15H,2,5-10,12H2,1H3,(H,19,22). The summed E-state index contributed by atoms with van der Waals surface area (Å²) >= 11 is 1.70. The van der Waals surface area contributed by atoms with Gasteiger partial charge in [-0.25, -0.2) is 4.98 Å². The molecule has 1 aliphatic rings. The SMILES string of the molecule is Cc1csc(CCCNC(=O)C2CCN(Cc3ccco3)CC2)n1. The lowest BCUT2D eigenvalue weighted by molar-refractivity contribution is -0.126. The van der Waals surface area contributed by atoms with E-state index in [9.17, 15) is 4.79 Å². The van der Waals surface area contributed by atoms with E-state index in [0.29, 0.717) is 0 Å². The van der Waals surface area contributed by atoms with Crippen molar-refractivity contribution >= 4 is 17.2 Å². The third kappa shape index (κ3) is 4.92. The molecule has 0 unspecified atom stereocenters. The van der Waals surface area contributed by atoms with Gasteiger partial charge in [0.1, 0.15) is 5.76 Å². The Labute approximate surface area is 147 Å². The topological polar surface area (TPSA) is 58.4 Å². The number of piperidine rings is 1. The van der Waals surface area contributed by atoms with Crippen LogP contribution < -0.4 is 5.32 Å². The molecule has 1 amide bonds. The predicted octanol–water partition coefficient (Wildman–Crippen LogP) is 3.01. The van der Waals surface area contributed by atoms with Gasteiger partial charge in [-0.2, -0.15) is 0 Å². The molecule has 0 aromatic carbocycles. The molecule has 3 rings (SSSR count). The van der Waals surface area contributed by atoms with Crippen molar-refractivity contribution < 1.29 is 9.21 Å². The van der Waals surface area contributed by atoms with Crippen LogP contribution in [0.4, 0.5) is 0 Å². The molecule has 1 fully saturated rings. The van der Waals surface area contributed by atoms with Gasteiger partial charge >= 0.3 is 0 Å². The van der Waals surface area contributed by atoms with Crippen LogP contribution in [0.1, 0.15) is 35.7 Å². The van der Waals surface area contributed by atoms with Crippen molar-refractivity contribution in [2.45, 2.75) is 39.2 Å². The molecule has 5 nitrogen and oxygen atoms in total. The van der Waals surface area contributed by atoms with E-state index in [1.165, 1.54) is 0 Å². The molecule has 0 aliphatic carbocycles. The van der Waals surface area contributed by atoms with E-state index in [4.69, 9.17) is 4.42 Å². The molecular formula is C18H25N3O2S. The molecule has 24 heavy (non-hydrogen) atoms. The number of hydrogen-bond acceptors (Lipinski definition) is 5. The molecule has 0 spiro atoms. The lowest BCUT2D eigenvalue weighted by Crippen LogP contribution is -2.40. The van der Waals surface area contributed by atoms with Gasteiger partial charge < -0.3 is 9.73 Å². The number of carbonyl (C=O) groups excluding carboxylic acids is 1. The van der Waals surface area contributed by atoms with Gasteiger partial charge in [0.2, 0.25) is 5.91 Å². The van der Waals surface area contributed by atoms with Crippen LogP contribution >= 0.6 is 11.3 Å². The highest BCUT2D eigenvalue weighted by atomic mass is 32.1. The van der Waals surface area contributed by atoms with Gasteiger partial charge in [-0.3, -0.25) is 9.69 Å². The summed E-state index contributed by atoms with van der Waals surface area (Å²) in [4.78, 5) is 19.1. The highest BCUT2D eigenvalue weighted by molar-refractivity contribution is 7.09. The van der Waals surface area contributed by atoms with Gasteiger partial charge in [-0.15, -0.1) is 11.3 Å². The normalized spacial score (nSPS) is 16.4. The number of rotatable bonds is 7. The summed E-state index contributed by atoms with van der Waals surface area (Å²) in [6, 6.07) is 3.92. The lowest BCUT2D eigenvalue weighted by Gasteiger charge is -2.30. The van der Waals surface area contributed by atoms with Crippen LogP contribution in [0.2, 0.25) is 0 Å². The van der Waals surface area contributed by atoms with Crippen molar-refractivity contribution in [3.05, 3.63) is 40.2 Å². The zero-order valence-electron chi connectivity index (χ0n) is 14.2. The summed E-state index contributed by atoms with van der Waals surface area (Å²) in [6.45, 7) is 5.51. The van der Waals surface area contributed by atoms with Crippen LogP contribution in [0.25, 0.3) is 0 Å². The molecule has 2 aromatic heterocycles. The number of likely N-dealkylation sites (tertiary alicyclic amines) is 1. The van der Waals surface area contributed by atoms with Crippen LogP contribution in [-0.2, 0) is 17.8 Å². The van der Waals surface area contributed by atoms with Crippen LogP contribution in [0.15, 0.2) is 28.2 Å². The molecule has 1 aliphatic heterocycles. The van der Waals surface area contributed by atoms with E-state index in [1.807, 2.05) is 19.1 Å². The molecule has 1 saturated heterocycles. The van der Waals surface area contributed by atoms with Crippen LogP contribution in [0, 0.1) is 12.8 Å². The van der Waals surface area contributed by atoms with Crippen molar-refractivity contribution in [3.8, 4) is 0 Å². The number of furan rings is 1. The largest absolute Gasteiger partial charge is 0.468 e. The maximum absolute atomic E-state index is 12.3. The molecule has 3 heterocycles. The average molecular weight is 347 g/mol. The smallest absolute Gasteiger partial charge is 0.223 e. The van der Waals surface area contributed by atoms with Crippen molar-refractivity contribution in [2.75, 3.05) is 19.6 Å². The maximum Gasteiger partial charge on any atom is 0.223 e. The van der Waals surface area contributed by atoms with Crippen molar-refractivity contribution in [1.82, 2.24) is 15.2 Å². The number of nitrogens with one attached hydrogen (secondary N) is 1. The zero-order chi connectivity index (χ0) is 16.8. The van der Waals surface area contributed by atoms with E-state index >= 15 is 0 Å². The second-order valence-corrected chi connectivity index (χ2v) is 7.35. The van der Waals surface area contributed by atoms with Crippen LogP contribution in [0.5, 0.6) is 0 Å². The average Bonchev–Trinajstić information content (AvgIpc) is 3.24. The lowest BCUT2D eigenvalue weighted by atomic mass is 9.96. The zero-order valence-corrected chi connectivity index (χ0v) is 15.0. The summed E-state index contributed by atoms with van der Waals surface area (Å²) in [5.74, 6) is 1.36. The Bertz CT molecular complexity index is 630. The summed E-state index contributed by atoms with van der Waals surface area (Å²) in [5.41, 5.74) is 1.08. The second-order valence-electron chi connectivity index (χ2n) is 6.41. The number of thiazole rings is 1. The van der Waals surface area contributed by atoms with E-state index in [1.54, 1.807) is 17.6 Å². The molecule has 2 aromatic rings. The first-order chi connectivity index (χ1) is 11.7. The Kier molecular flexibility index (Phi) is 6.04. The molecule has 0 saturated carbocycles. The maximum atomic E-state index is 12.3. The molecule has 130 valence electrons. The molecule has 1 N–H and O–H groups in total. The Morgan fingerprint density at radius 1 is 1.46 bits per heavy atom. The number of carbonyl (C=O) groups is 1. The minimum atomic E-state index is 0.153. The van der Waals surface area contributed by atoms with Crippen LogP contribution in [-0.4, -0.2) is 35.4 Å². The summed E-state index contributed by atoms with van der Waals surface area (Å²) in [7, 11) is 0. The first-order valence-corrected chi connectivity index (χ1v) is 9.52. The highest BCUT2D eigenvalue weighted by Crippen LogP contribution is 2.19. The van der Waals surface area contributed by atoms with Gasteiger partial charge in [0.25, 0.3) is 0 Å². The number of aryl methyl sites for hydroxylation is 2. The first-order valence-electron chi connectivity index (χ1n) is 8.64. The molecule has 6 heteroatoms. The quantitative estimate of drug-likeness (QED) is 0.782. The Morgan fingerprint density at radius 2 is 2.29 bits per heavy atom. The monoisotopic (exact) mass is 347 g/mol. The van der Waals surface area contributed by atoms with Gasteiger partial charge in [-0.05, 0) is 51.4 Å². The fourth-order valence-corrected chi connectivity index (χ4v) is 3.91. The third-order valence-electron chi connectivity index (χ3n) is 4.45. The van der Waals surface area contributed by atoms with E-state index < -0.39 is 0 Å². The fourth-order valence-electron chi connectivity index (χ4n) is 3.09. The fraction of sp³-hybridized carbons (Fsp3) is 0.556.